The first kappa shape index (κ1) is 16.0. The third kappa shape index (κ3) is 6.19. The summed E-state index contributed by atoms with van der Waals surface area (Å²) in [6.45, 7) is 7.42. The molecule has 0 aliphatic carbocycles. The maximum Gasteiger partial charge on any atom is 0.160 e. The molecule has 3 unspecified atom stereocenters. The van der Waals surface area contributed by atoms with Crippen molar-refractivity contribution in [2.75, 3.05) is 6.61 Å². The van der Waals surface area contributed by atoms with Crippen molar-refractivity contribution >= 4 is 0 Å². The highest BCUT2D eigenvalue weighted by atomic mass is 16.7. The molecule has 1 fully saturated rings. The first-order chi connectivity index (χ1) is 8.77. The summed E-state index contributed by atoms with van der Waals surface area (Å²) in [5.74, 6) is 0.622. The fraction of sp³-hybridized carbons (Fsp3) is 1.00. The van der Waals surface area contributed by atoms with Crippen molar-refractivity contribution in [3.8, 4) is 0 Å². The first-order valence-electron chi connectivity index (χ1n) is 8.05. The second-order valence-corrected chi connectivity index (χ2v) is 5.75. The molecule has 0 aromatic heterocycles. The zero-order valence-corrected chi connectivity index (χ0v) is 12.6. The van der Waals surface area contributed by atoms with Crippen molar-refractivity contribution in [1.82, 2.24) is 0 Å². The van der Waals surface area contributed by atoms with Gasteiger partial charge >= 0.3 is 0 Å². The van der Waals surface area contributed by atoms with E-state index in [0.717, 1.165) is 6.61 Å². The van der Waals surface area contributed by atoms with Gasteiger partial charge in [-0.15, -0.1) is 0 Å². The second-order valence-electron chi connectivity index (χ2n) is 5.75. The minimum absolute atomic E-state index is 0.0812. The molecule has 1 rings (SSSR count). The van der Waals surface area contributed by atoms with E-state index < -0.39 is 0 Å². The summed E-state index contributed by atoms with van der Waals surface area (Å²) in [6, 6.07) is 0. The van der Waals surface area contributed by atoms with Crippen LogP contribution in [0.5, 0.6) is 0 Å². The van der Waals surface area contributed by atoms with Gasteiger partial charge in [0.05, 0.1) is 12.7 Å². The van der Waals surface area contributed by atoms with Gasteiger partial charge in [0.1, 0.15) is 0 Å². The number of unbranched alkanes of at least 4 members (excludes halogenated alkanes) is 5. The van der Waals surface area contributed by atoms with E-state index in [1.807, 2.05) is 0 Å². The highest BCUT2D eigenvalue weighted by molar-refractivity contribution is 4.70. The Labute approximate surface area is 113 Å². The lowest BCUT2D eigenvalue weighted by molar-refractivity contribution is -0.0989. The molecule has 2 heteroatoms. The van der Waals surface area contributed by atoms with Crippen LogP contribution in [0.15, 0.2) is 0 Å². The molecule has 0 radical (unpaired) electrons. The Kier molecular flexibility index (Phi) is 8.70. The highest BCUT2D eigenvalue weighted by Gasteiger charge is 2.29. The lowest BCUT2D eigenvalue weighted by atomic mass is 9.94. The number of hydrogen-bond acceptors (Lipinski definition) is 2. The molecule has 0 bridgehead atoms. The van der Waals surface area contributed by atoms with Crippen LogP contribution in [-0.2, 0) is 9.47 Å². The van der Waals surface area contributed by atoms with Crippen molar-refractivity contribution < 1.29 is 9.47 Å². The molecule has 0 aromatic rings. The molecule has 0 amide bonds. The summed E-state index contributed by atoms with van der Waals surface area (Å²) in [5, 5.41) is 0. The van der Waals surface area contributed by atoms with Crippen molar-refractivity contribution in [3.63, 3.8) is 0 Å². The number of ether oxygens (including phenoxy) is 2. The summed E-state index contributed by atoms with van der Waals surface area (Å²) in [6.07, 6.45) is 12.3. The van der Waals surface area contributed by atoms with Gasteiger partial charge in [-0.25, -0.2) is 0 Å². The standard InChI is InChI=1S/C16H32O2/c1-4-6-8-9-10-12-15(11-7-5-2)16-17-13-14(3)18-16/h14-16H,4-13H2,1-3H3. The first-order valence-corrected chi connectivity index (χ1v) is 8.05. The summed E-state index contributed by atoms with van der Waals surface area (Å²) >= 11 is 0. The average molecular weight is 256 g/mol. The van der Waals surface area contributed by atoms with Gasteiger partial charge in [0.25, 0.3) is 0 Å². The molecular weight excluding hydrogens is 224 g/mol. The molecule has 1 aliphatic heterocycles. The van der Waals surface area contributed by atoms with Crippen LogP contribution in [0.3, 0.4) is 0 Å². The van der Waals surface area contributed by atoms with E-state index >= 15 is 0 Å². The normalized spacial score (nSPS) is 25.5. The zero-order chi connectivity index (χ0) is 13.2. The largest absolute Gasteiger partial charge is 0.350 e. The van der Waals surface area contributed by atoms with Gasteiger partial charge in [-0.05, 0) is 19.8 Å². The lowest BCUT2D eigenvalue weighted by Crippen LogP contribution is -2.22. The average Bonchev–Trinajstić information content (AvgIpc) is 2.79. The maximum atomic E-state index is 5.88. The van der Waals surface area contributed by atoms with Crippen LogP contribution in [0.1, 0.15) is 78.6 Å². The van der Waals surface area contributed by atoms with Crippen molar-refractivity contribution in [1.29, 1.82) is 0 Å². The Balaban J connectivity index is 2.22. The molecule has 0 aromatic carbocycles. The SMILES string of the molecule is CCCCCCCC(CCCC)C1OCC(C)O1. The van der Waals surface area contributed by atoms with Crippen LogP contribution in [-0.4, -0.2) is 19.0 Å². The number of rotatable bonds is 10. The van der Waals surface area contributed by atoms with Crippen molar-refractivity contribution in [2.24, 2.45) is 5.92 Å². The Morgan fingerprint density at radius 2 is 1.61 bits per heavy atom. The number of hydrogen-bond donors (Lipinski definition) is 0. The minimum atomic E-state index is 0.0812. The van der Waals surface area contributed by atoms with Gasteiger partial charge in [-0.2, -0.15) is 0 Å². The maximum absolute atomic E-state index is 5.88. The van der Waals surface area contributed by atoms with Gasteiger partial charge in [0, 0.05) is 5.92 Å². The molecular formula is C16H32O2. The molecule has 0 spiro atoms. The molecule has 0 N–H and O–H groups in total. The molecule has 18 heavy (non-hydrogen) atoms. The molecule has 1 heterocycles. The molecule has 2 nitrogen and oxygen atoms in total. The molecule has 3 atom stereocenters. The van der Waals surface area contributed by atoms with E-state index in [0.29, 0.717) is 12.0 Å². The lowest BCUT2D eigenvalue weighted by Gasteiger charge is -2.22. The summed E-state index contributed by atoms with van der Waals surface area (Å²) in [4.78, 5) is 0. The van der Waals surface area contributed by atoms with E-state index in [-0.39, 0.29) is 6.29 Å². The molecule has 0 saturated carbocycles. The van der Waals surface area contributed by atoms with Crippen LogP contribution in [0, 0.1) is 5.92 Å². The second kappa shape index (κ2) is 9.80. The summed E-state index contributed by atoms with van der Waals surface area (Å²) in [7, 11) is 0. The predicted octanol–water partition coefficient (Wildman–Crippen LogP) is 4.91. The van der Waals surface area contributed by atoms with Gasteiger partial charge < -0.3 is 9.47 Å². The van der Waals surface area contributed by atoms with Crippen LogP contribution in [0.25, 0.3) is 0 Å². The predicted molar refractivity (Wildman–Crippen MR) is 76.7 cm³/mol. The summed E-state index contributed by atoms with van der Waals surface area (Å²) in [5.41, 5.74) is 0. The van der Waals surface area contributed by atoms with E-state index in [1.54, 1.807) is 0 Å². The smallest absolute Gasteiger partial charge is 0.160 e. The monoisotopic (exact) mass is 256 g/mol. The molecule has 1 saturated heterocycles. The van der Waals surface area contributed by atoms with Crippen LogP contribution in [0.2, 0.25) is 0 Å². The van der Waals surface area contributed by atoms with E-state index in [2.05, 4.69) is 20.8 Å². The summed E-state index contributed by atoms with van der Waals surface area (Å²) < 4.78 is 11.7. The molecule has 1 aliphatic rings. The third-order valence-electron chi connectivity index (χ3n) is 3.85. The third-order valence-corrected chi connectivity index (χ3v) is 3.85. The van der Waals surface area contributed by atoms with Crippen LogP contribution >= 0.6 is 0 Å². The van der Waals surface area contributed by atoms with E-state index in [1.165, 1.54) is 57.8 Å². The van der Waals surface area contributed by atoms with Gasteiger partial charge in [-0.1, -0.05) is 58.8 Å². The van der Waals surface area contributed by atoms with Crippen LogP contribution < -0.4 is 0 Å². The minimum Gasteiger partial charge on any atom is -0.350 e. The van der Waals surface area contributed by atoms with Gasteiger partial charge in [-0.3, -0.25) is 0 Å². The molecule has 108 valence electrons. The van der Waals surface area contributed by atoms with E-state index in [9.17, 15) is 0 Å². The van der Waals surface area contributed by atoms with Crippen molar-refractivity contribution in [3.05, 3.63) is 0 Å². The van der Waals surface area contributed by atoms with Crippen molar-refractivity contribution in [2.45, 2.75) is 91.0 Å². The Hall–Kier alpha value is -0.0800. The fourth-order valence-electron chi connectivity index (χ4n) is 2.68. The Morgan fingerprint density at radius 3 is 2.22 bits per heavy atom. The Morgan fingerprint density at radius 1 is 0.944 bits per heavy atom. The Bertz CT molecular complexity index is 194. The highest BCUT2D eigenvalue weighted by Crippen LogP contribution is 2.27. The van der Waals surface area contributed by atoms with Gasteiger partial charge in [0.15, 0.2) is 6.29 Å². The fourth-order valence-corrected chi connectivity index (χ4v) is 2.68. The zero-order valence-electron chi connectivity index (χ0n) is 12.6. The van der Waals surface area contributed by atoms with Gasteiger partial charge in [0.2, 0.25) is 0 Å². The van der Waals surface area contributed by atoms with Crippen LogP contribution in [0.4, 0.5) is 0 Å². The quantitative estimate of drug-likeness (QED) is 0.517. The van der Waals surface area contributed by atoms with E-state index in [4.69, 9.17) is 9.47 Å². The topological polar surface area (TPSA) is 18.5 Å².